The normalized spacial score (nSPS) is 15.1. The smallest absolute Gasteiger partial charge is 0.273 e. The number of carbonyl (C=O) groups is 1. The van der Waals surface area contributed by atoms with E-state index in [1.807, 2.05) is 18.2 Å². The molecule has 0 spiro atoms. The van der Waals surface area contributed by atoms with Crippen LogP contribution in [-0.2, 0) is 0 Å². The summed E-state index contributed by atoms with van der Waals surface area (Å²) in [6.07, 6.45) is 1.68. The molecule has 4 rings (SSSR count). The number of ether oxygens (including phenoxy) is 2. The number of aromatic hydroxyl groups is 1. The van der Waals surface area contributed by atoms with Gasteiger partial charge in [0.2, 0.25) is 0 Å². The molecule has 1 aromatic heterocycles. The molecule has 1 aliphatic rings. The minimum atomic E-state index is -0.467. The van der Waals surface area contributed by atoms with Gasteiger partial charge in [0.25, 0.3) is 5.91 Å². The Labute approximate surface area is 197 Å². The standard InChI is InChI=1S/C25H26ClN3O4/c1-5-10-29-24(15-6-9-19(20(11-15)32-4)33-13-14(2)3)21-22(27-28-23(21)25(29)31)17-12-16(26)7-8-18(17)30/h5-9,11-12,14,24,30H,1,10,13H2,2-4H3,(H,27,28). The number of fused-ring (bicyclic) bond motifs is 1. The van der Waals surface area contributed by atoms with Gasteiger partial charge in [-0.15, -0.1) is 6.58 Å². The van der Waals surface area contributed by atoms with Crippen molar-refractivity contribution in [2.24, 2.45) is 5.92 Å². The van der Waals surface area contributed by atoms with Crippen molar-refractivity contribution in [1.82, 2.24) is 15.1 Å². The van der Waals surface area contributed by atoms with Crippen LogP contribution in [0.15, 0.2) is 49.1 Å². The predicted octanol–water partition coefficient (Wildman–Crippen LogP) is 5.21. The largest absolute Gasteiger partial charge is 0.507 e. The quantitative estimate of drug-likeness (QED) is 0.444. The van der Waals surface area contributed by atoms with Crippen molar-refractivity contribution < 1.29 is 19.4 Å². The van der Waals surface area contributed by atoms with Crippen molar-refractivity contribution in [3.8, 4) is 28.5 Å². The fourth-order valence-electron chi connectivity index (χ4n) is 4.00. The maximum absolute atomic E-state index is 13.2. The number of amides is 1. The van der Waals surface area contributed by atoms with Gasteiger partial charge in [-0.1, -0.05) is 37.6 Å². The van der Waals surface area contributed by atoms with Crippen molar-refractivity contribution in [2.75, 3.05) is 20.3 Å². The molecule has 1 unspecified atom stereocenters. The fraction of sp³-hybridized carbons (Fsp3) is 0.280. The van der Waals surface area contributed by atoms with Crippen LogP contribution in [0.1, 0.15) is 41.5 Å². The Balaban J connectivity index is 1.85. The number of nitrogens with zero attached hydrogens (tertiary/aromatic N) is 2. The molecule has 0 saturated heterocycles. The molecule has 1 amide bonds. The zero-order valence-corrected chi connectivity index (χ0v) is 19.5. The average molecular weight is 468 g/mol. The molecule has 0 saturated carbocycles. The van der Waals surface area contributed by atoms with Crippen LogP contribution in [0.4, 0.5) is 0 Å². The van der Waals surface area contributed by atoms with Crippen molar-refractivity contribution in [3.05, 3.63) is 70.9 Å². The molecule has 2 heterocycles. The highest BCUT2D eigenvalue weighted by Crippen LogP contribution is 2.46. The second-order valence-corrected chi connectivity index (χ2v) is 8.72. The van der Waals surface area contributed by atoms with Crippen LogP contribution in [-0.4, -0.2) is 46.4 Å². The van der Waals surface area contributed by atoms with Crippen LogP contribution in [0.3, 0.4) is 0 Å². The van der Waals surface area contributed by atoms with Crippen LogP contribution in [0, 0.1) is 5.92 Å². The monoisotopic (exact) mass is 467 g/mol. The van der Waals surface area contributed by atoms with Crippen molar-refractivity contribution in [1.29, 1.82) is 0 Å². The second kappa shape index (κ2) is 9.19. The lowest BCUT2D eigenvalue weighted by Gasteiger charge is -2.26. The Morgan fingerprint density at radius 1 is 1.27 bits per heavy atom. The van der Waals surface area contributed by atoms with Gasteiger partial charge in [0.05, 0.1) is 19.8 Å². The van der Waals surface area contributed by atoms with Crippen LogP contribution >= 0.6 is 11.6 Å². The van der Waals surface area contributed by atoms with Crippen LogP contribution in [0.2, 0.25) is 5.02 Å². The number of methoxy groups -OCH3 is 1. The van der Waals surface area contributed by atoms with E-state index < -0.39 is 6.04 Å². The molecule has 0 fully saturated rings. The number of nitrogens with one attached hydrogen (secondary N) is 1. The molecule has 172 valence electrons. The number of carbonyl (C=O) groups excluding carboxylic acids is 1. The number of phenolic OH excluding ortho intramolecular Hbond substituents is 1. The van der Waals surface area contributed by atoms with Crippen LogP contribution < -0.4 is 9.47 Å². The summed E-state index contributed by atoms with van der Waals surface area (Å²) in [5.41, 5.74) is 2.77. The van der Waals surface area contributed by atoms with Gasteiger partial charge in [-0.3, -0.25) is 9.89 Å². The highest BCUT2D eigenvalue weighted by Gasteiger charge is 2.42. The van der Waals surface area contributed by atoms with Crippen LogP contribution in [0.5, 0.6) is 17.2 Å². The van der Waals surface area contributed by atoms with E-state index in [2.05, 4.69) is 30.6 Å². The third-order valence-electron chi connectivity index (χ3n) is 5.48. The van der Waals surface area contributed by atoms with Gasteiger partial charge < -0.3 is 19.5 Å². The van der Waals surface area contributed by atoms with E-state index in [4.69, 9.17) is 21.1 Å². The third-order valence-corrected chi connectivity index (χ3v) is 5.71. The first-order valence-electron chi connectivity index (χ1n) is 10.6. The molecular formula is C25H26ClN3O4. The van der Waals surface area contributed by atoms with E-state index in [0.29, 0.717) is 58.1 Å². The molecule has 1 aliphatic heterocycles. The lowest BCUT2D eigenvalue weighted by Crippen LogP contribution is -2.29. The van der Waals surface area contributed by atoms with Gasteiger partial charge in [-0.2, -0.15) is 5.10 Å². The minimum Gasteiger partial charge on any atom is -0.507 e. The summed E-state index contributed by atoms with van der Waals surface area (Å²) in [6, 6.07) is 9.90. The number of aromatic amines is 1. The summed E-state index contributed by atoms with van der Waals surface area (Å²) in [5, 5.41) is 18.2. The zero-order chi connectivity index (χ0) is 23.7. The van der Waals surface area contributed by atoms with Gasteiger partial charge in [-0.05, 0) is 41.8 Å². The molecular weight excluding hydrogens is 442 g/mol. The number of rotatable bonds is 8. The molecule has 33 heavy (non-hydrogen) atoms. The van der Waals surface area contributed by atoms with Crippen LogP contribution in [0.25, 0.3) is 11.3 Å². The summed E-state index contributed by atoms with van der Waals surface area (Å²) in [7, 11) is 1.58. The minimum absolute atomic E-state index is 0.0251. The molecule has 3 aromatic rings. The van der Waals surface area contributed by atoms with E-state index in [-0.39, 0.29) is 11.7 Å². The molecule has 0 bridgehead atoms. The Morgan fingerprint density at radius 2 is 2.06 bits per heavy atom. The summed E-state index contributed by atoms with van der Waals surface area (Å²) in [5.74, 6) is 1.40. The maximum Gasteiger partial charge on any atom is 0.273 e. The fourth-order valence-corrected chi connectivity index (χ4v) is 4.18. The number of benzene rings is 2. The van der Waals surface area contributed by atoms with Crippen molar-refractivity contribution in [3.63, 3.8) is 0 Å². The lowest BCUT2D eigenvalue weighted by atomic mass is 9.95. The second-order valence-electron chi connectivity index (χ2n) is 8.29. The third kappa shape index (κ3) is 4.16. The number of H-pyrrole nitrogens is 1. The summed E-state index contributed by atoms with van der Waals surface area (Å²) in [4.78, 5) is 14.9. The molecule has 2 aromatic carbocycles. The van der Waals surface area contributed by atoms with Gasteiger partial charge in [-0.25, -0.2) is 0 Å². The molecule has 2 N–H and O–H groups in total. The van der Waals surface area contributed by atoms with Crippen molar-refractivity contribution in [2.45, 2.75) is 19.9 Å². The summed E-state index contributed by atoms with van der Waals surface area (Å²) < 4.78 is 11.5. The first-order valence-corrected chi connectivity index (χ1v) is 11.0. The van der Waals surface area contributed by atoms with E-state index in [9.17, 15) is 9.90 Å². The Kier molecular flexibility index (Phi) is 6.33. The molecule has 1 atom stereocenters. The van der Waals surface area contributed by atoms with E-state index in [1.165, 1.54) is 6.07 Å². The average Bonchev–Trinajstić information content (AvgIpc) is 3.33. The number of phenols is 1. The molecule has 8 heteroatoms. The van der Waals surface area contributed by atoms with Crippen molar-refractivity contribution >= 4 is 17.5 Å². The van der Waals surface area contributed by atoms with E-state index in [0.717, 1.165) is 5.56 Å². The Hall–Kier alpha value is -3.45. The predicted molar refractivity (Wildman–Crippen MR) is 127 cm³/mol. The number of hydrogen-bond acceptors (Lipinski definition) is 5. The molecule has 7 nitrogen and oxygen atoms in total. The SMILES string of the molecule is C=CCN1C(=O)c2[nH]nc(-c3cc(Cl)ccc3O)c2C1c1ccc(OCC(C)C)c(OC)c1. The highest BCUT2D eigenvalue weighted by molar-refractivity contribution is 6.31. The lowest BCUT2D eigenvalue weighted by molar-refractivity contribution is 0.0764. The van der Waals surface area contributed by atoms with E-state index in [1.54, 1.807) is 30.2 Å². The van der Waals surface area contributed by atoms with Gasteiger partial charge >= 0.3 is 0 Å². The van der Waals surface area contributed by atoms with Gasteiger partial charge in [0.1, 0.15) is 17.1 Å². The number of hydrogen-bond donors (Lipinski definition) is 2. The topological polar surface area (TPSA) is 87.7 Å². The van der Waals surface area contributed by atoms with Gasteiger partial charge in [0.15, 0.2) is 11.5 Å². The number of halogens is 1. The Morgan fingerprint density at radius 3 is 2.76 bits per heavy atom. The van der Waals surface area contributed by atoms with E-state index >= 15 is 0 Å². The first-order chi connectivity index (χ1) is 15.8. The summed E-state index contributed by atoms with van der Waals surface area (Å²) >= 11 is 6.18. The Bertz CT molecular complexity index is 1200. The molecule has 0 radical (unpaired) electrons. The zero-order valence-electron chi connectivity index (χ0n) is 18.8. The number of aromatic nitrogens is 2. The molecule has 0 aliphatic carbocycles. The maximum atomic E-state index is 13.2. The van der Waals surface area contributed by atoms with Gasteiger partial charge in [0, 0.05) is 22.7 Å². The highest BCUT2D eigenvalue weighted by atomic mass is 35.5. The first kappa shape index (κ1) is 22.7. The summed E-state index contributed by atoms with van der Waals surface area (Å²) in [6.45, 7) is 8.85.